The van der Waals surface area contributed by atoms with Crippen LogP contribution in [0.3, 0.4) is 0 Å². The Morgan fingerprint density at radius 3 is 2.68 bits per heavy atom. The number of rotatable bonds is 6. The van der Waals surface area contributed by atoms with Crippen LogP contribution in [0.25, 0.3) is 0 Å². The molecule has 0 spiro atoms. The van der Waals surface area contributed by atoms with Crippen molar-refractivity contribution in [1.29, 1.82) is 0 Å². The Morgan fingerprint density at radius 1 is 1.41 bits per heavy atom. The molecular formula is C15H18FNO4S. The Kier molecular flexibility index (Phi) is 3.72. The van der Waals surface area contributed by atoms with E-state index in [4.69, 9.17) is 5.11 Å². The van der Waals surface area contributed by atoms with E-state index < -0.39 is 32.3 Å². The van der Waals surface area contributed by atoms with E-state index in [-0.39, 0.29) is 0 Å². The van der Waals surface area contributed by atoms with Gasteiger partial charge in [-0.1, -0.05) is 0 Å². The van der Waals surface area contributed by atoms with Crippen LogP contribution in [0.5, 0.6) is 0 Å². The Bertz CT molecular complexity index is 727. The zero-order valence-corrected chi connectivity index (χ0v) is 13.0. The molecule has 3 rings (SSSR count). The number of halogens is 1. The summed E-state index contributed by atoms with van der Waals surface area (Å²) in [6, 6.07) is 2.29. The molecule has 5 nitrogen and oxygen atoms in total. The van der Waals surface area contributed by atoms with Gasteiger partial charge in [-0.2, -0.15) is 0 Å². The van der Waals surface area contributed by atoms with Crippen molar-refractivity contribution in [1.82, 2.24) is 4.72 Å². The third kappa shape index (κ3) is 3.01. The SMILES string of the molecule is Cc1cc(C(=O)O)c(F)c(S(=O)(=O)NC[C@@H]2C[C@H]2C2CC2)c1. The number of aromatic carboxylic acids is 1. The summed E-state index contributed by atoms with van der Waals surface area (Å²) in [5, 5.41) is 8.96. The summed E-state index contributed by atoms with van der Waals surface area (Å²) in [5.74, 6) is -1.02. The molecule has 0 radical (unpaired) electrons. The van der Waals surface area contributed by atoms with Crippen molar-refractivity contribution in [2.24, 2.45) is 17.8 Å². The molecule has 2 aliphatic carbocycles. The zero-order chi connectivity index (χ0) is 16.1. The number of hydrogen-bond acceptors (Lipinski definition) is 3. The van der Waals surface area contributed by atoms with E-state index in [1.165, 1.54) is 19.8 Å². The Labute approximate surface area is 128 Å². The second-order valence-electron chi connectivity index (χ2n) is 6.28. The first-order valence-corrected chi connectivity index (χ1v) is 8.81. The van der Waals surface area contributed by atoms with Crippen molar-refractivity contribution in [2.75, 3.05) is 6.54 Å². The van der Waals surface area contributed by atoms with Gasteiger partial charge in [-0.3, -0.25) is 0 Å². The number of carboxylic acids is 1. The van der Waals surface area contributed by atoms with E-state index in [1.54, 1.807) is 0 Å². The van der Waals surface area contributed by atoms with Crippen LogP contribution in [-0.2, 0) is 10.0 Å². The van der Waals surface area contributed by atoms with Crippen molar-refractivity contribution in [3.8, 4) is 0 Å². The topological polar surface area (TPSA) is 83.5 Å². The van der Waals surface area contributed by atoms with Crippen molar-refractivity contribution < 1.29 is 22.7 Å². The first-order valence-electron chi connectivity index (χ1n) is 7.32. The van der Waals surface area contributed by atoms with Crippen molar-refractivity contribution in [3.63, 3.8) is 0 Å². The number of nitrogens with one attached hydrogen (secondary N) is 1. The summed E-state index contributed by atoms with van der Waals surface area (Å²) in [7, 11) is -4.04. The summed E-state index contributed by atoms with van der Waals surface area (Å²) in [4.78, 5) is 10.4. The number of carbonyl (C=O) groups is 1. The summed E-state index contributed by atoms with van der Waals surface area (Å²) < 4.78 is 41.1. The van der Waals surface area contributed by atoms with Crippen molar-refractivity contribution in [2.45, 2.75) is 31.1 Å². The van der Waals surface area contributed by atoms with Crippen LogP contribution in [0.2, 0.25) is 0 Å². The van der Waals surface area contributed by atoms with E-state index in [9.17, 15) is 17.6 Å². The van der Waals surface area contributed by atoms with Gasteiger partial charge in [0.25, 0.3) is 0 Å². The quantitative estimate of drug-likeness (QED) is 0.838. The monoisotopic (exact) mass is 327 g/mol. The van der Waals surface area contributed by atoms with Gasteiger partial charge in [0, 0.05) is 6.54 Å². The van der Waals surface area contributed by atoms with Gasteiger partial charge >= 0.3 is 5.97 Å². The van der Waals surface area contributed by atoms with E-state index >= 15 is 0 Å². The molecule has 1 aromatic carbocycles. The lowest BCUT2D eigenvalue weighted by atomic mass is 10.1. The highest BCUT2D eigenvalue weighted by Gasteiger charge is 2.47. The van der Waals surface area contributed by atoms with Crippen LogP contribution in [0, 0.1) is 30.5 Å². The molecule has 2 aliphatic rings. The summed E-state index contributed by atoms with van der Waals surface area (Å²) in [5.41, 5.74) is -0.232. The van der Waals surface area contributed by atoms with E-state index in [0.717, 1.165) is 24.5 Å². The maximum atomic E-state index is 14.2. The lowest BCUT2D eigenvalue weighted by Gasteiger charge is -2.10. The molecule has 2 saturated carbocycles. The molecule has 0 aliphatic heterocycles. The molecule has 2 fully saturated rings. The molecule has 0 aromatic heterocycles. The van der Waals surface area contributed by atoms with Gasteiger partial charge in [0.1, 0.15) is 4.90 Å². The van der Waals surface area contributed by atoms with E-state index in [1.807, 2.05) is 0 Å². The van der Waals surface area contributed by atoms with E-state index in [2.05, 4.69) is 4.72 Å². The molecule has 2 N–H and O–H groups in total. The number of benzene rings is 1. The van der Waals surface area contributed by atoms with Crippen LogP contribution in [0.15, 0.2) is 17.0 Å². The van der Waals surface area contributed by atoms with Gasteiger partial charge < -0.3 is 5.11 Å². The third-order valence-electron chi connectivity index (χ3n) is 4.44. The van der Waals surface area contributed by atoms with Crippen LogP contribution in [-0.4, -0.2) is 26.0 Å². The fourth-order valence-corrected chi connectivity index (χ4v) is 4.26. The molecule has 1 aromatic rings. The van der Waals surface area contributed by atoms with Crippen molar-refractivity contribution >= 4 is 16.0 Å². The van der Waals surface area contributed by atoms with Gasteiger partial charge in [0.05, 0.1) is 5.56 Å². The largest absolute Gasteiger partial charge is 0.478 e. The van der Waals surface area contributed by atoms with Gasteiger partial charge in [-0.25, -0.2) is 22.3 Å². The number of hydrogen-bond donors (Lipinski definition) is 2. The molecule has 2 atom stereocenters. The normalized spacial score (nSPS) is 24.3. The first kappa shape index (κ1) is 15.4. The molecule has 0 saturated heterocycles. The maximum Gasteiger partial charge on any atom is 0.338 e. The highest BCUT2D eigenvalue weighted by molar-refractivity contribution is 7.89. The second kappa shape index (κ2) is 5.31. The number of sulfonamides is 1. The van der Waals surface area contributed by atoms with Gasteiger partial charge in [0.15, 0.2) is 5.82 Å². The number of carboxylic acid groups (broad SMARTS) is 1. The molecule has 0 bridgehead atoms. The summed E-state index contributed by atoms with van der Waals surface area (Å²) in [6.07, 6.45) is 3.47. The second-order valence-corrected chi connectivity index (χ2v) is 8.01. The molecule has 0 amide bonds. The Balaban J connectivity index is 1.78. The Hall–Kier alpha value is -1.47. The highest BCUT2D eigenvalue weighted by atomic mass is 32.2. The van der Waals surface area contributed by atoms with Gasteiger partial charge in [-0.05, 0) is 61.6 Å². The number of aryl methyl sites for hydroxylation is 1. The minimum atomic E-state index is -4.04. The van der Waals surface area contributed by atoms with Crippen LogP contribution in [0.1, 0.15) is 35.2 Å². The minimum absolute atomic E-state index is 0.291. The molecule has 7 heteroatoms. The predicted octanol–water partition coefficient (Wildman–Crippen LogP) is 2.16. The molecule has 22 heavy (non-hydrogen) atoms. The molecular weight excluding hydrogens is 309 g/mol. The molecule has 120 valence electrons. The minimum Gasteiger partial charge on any atom is -0.478 e. The zero-order valence-electron chi connectivity index (χ0n) is 12.2. The van der Waals surface area contributed by atoms with Gasteiger partial charge in [0.2, 0.25) is 10.0 Å². The average molecular weight is 327 g/mol. The van der Waals surface area contributed by atoms with Crippen LogP contribution in [0.4, 0.5) is 4.39 Å². The lowest BCUT2D eigenvalue weighted by molar-refractivity contribution is 0.0691. The van der Waals surface area contributed by atoms with E-state index in [0.29, 0.717) is 23.9 Å². The molecule has 0 heterocycles. The fraction of sp³-hybridized carbons (Fsp3) is 0.533. The molecule has 0 unspecified atom stereocenters. The van der Waals surface area contributed by atoms with Gasteiger partial charge in [-0.15, -0.1) is 0 Å². The Morgan fingerprint density at radius 2 is 2.09 bits per heavy atom. The van der Waals surface area contributed by atoms with Crippen LogP contribution >= 0.6 is 0 Å². The fourth-order valence-electron chi connectivity index (χ4n) is 2.99. The highest BCUT2D eigenvalue weighted by Crippen LogP contribution is 2.54. The third-order valence-corrected chi connectivity index (χ3v) is 5.87. The smallest absolute Gasteiger partial charge is 0.338 e. The maximum absolute atomic E-state index is 14.2. The average Bonchev–Trinajstić information content (AvgIpc) is 3.30. The van der Waals surface area contributed by atoms with Crippen molar-refractivity contribution in [3.05, 3.63) is 29.1 Å². The van der Waals surface area contributed by atoms with Crippen LogP contribution < -0.4 is 4.72 Å². The predicted molar refractivity (Wildman–Crippen MR) is 77.6 cm³/mol. The lowest BCUT2D eigenvalue weighted by Crippen LogP contribution is -2.28. The summed E-state index contributed by atoms with van der Waals surface area (Å²) in [6.45, 7) is 1.83. The summed E-state index contributed by atoms with van der Waals surface area (Å²) >= 11 is 0. The standard InChI is InChI=1S/C15H18FNO4S/c1-8-4-12(15(18)19)14(16)13(5-8)22(20,21)17-7-10-6-11(10)9-2-3-9/h4-5,9-11,17H,2-3,6-7H2,1H3,(H,18,19)/t10-,11-/m0/s1. The first-order chi connectivity index (χ1) is 10.3.